The van der Waals surface area contributed by atoms with Gasteiger partial charge in [-0.05, 0) is 37.5 Å². The minimum atomic E-state index is -0.958. The summed E-state index contributed by atoms with van der Waals surface area (Å²) in [7, 11) is 0. The average Bonchev–Trinajstić information content (AvgIpc) is 2.37. The summed E-state index contributed by atoms with van der Waals surface area (Å²) in [6.07, 6.45) is 1.48. The van der Waals surface area contributed by atoms with Gasteiger partial charge in [0.1, 0.15) is 6.04 Å². The highest BCUT2D eigenvalue weighted by molar-refractivity contribution is 5.85. The van der Waals surface area contributed by atoms with Crippen molar-refractivity contribution in [3.8, 4) is 0 Å². The molecule has 1 aromatic carbocycles. The number of aliphatic carboxylic acids is 1. The standard InChI is InChI=1S/C14H22N2O2.2ClH/c1-3-9-16(4-2)12-7-5-11(6-8-12)10-13(15)14(17)18;;/h5-8,13H,3-4,9-10,15H2,1-2H3,(H,17,18);2*1H. The van der Waals surface area contributed by atoms with Crippen LogP contribution in [0.3, 0.4) is 0 Å². The van der Waals surface area contributed by atoms with Crippen molar-refractivity contribution in [2.45, 2.75) is 32.7 Å². The molecule has 0 aliphatic heterocycles. The molecule has 1 aromatic rings. The molecule has 1 unspecified atom stereocenters. The van der Waals surface area contributed by atoms with Gasteiger partial charge < -0.3 is 15.7 Å². The Bertz CT molecular complexity index is 385. The van der Waals surface area contributed by atoms with E-state index < -0.39 is 12.0 Å². The maximum atomic E-state index is 10.7. The van der Waals surface area contributed by atoms with Crippen LogP contribution < -0.4 is 10.6 Å². The zero-order chi connectivity index (χ0) is 13.5. The highest BCUT2D eigenvalue weighted by Gasteiger charge is 2.12. The van der Waals surface area contributed by atoms with Crippen LogP contribution in [0.2, 0.25) is 0 Å². The highest BCUT2D eigenvalue weighted by Crippen LogP contribution is 2.16. The summed E-state index contributed by atoms with van der Waals surface area (Å²) in [6, 6.07) is 7.15. The van der Waals surface area contributed by atoms with E-state index in [1.54, 1.807) is 0 Å². The lowest BCUT2D eigenvalue weighted by Gasteiger charge is -2.22. The van der Waals surface area contributed by atoms with Crippen LogP contribution in [0, 0.1) is 0 Å². The Morgan fingerprint density at radius 1 is 1.25 bits per heavy atom. The molecule has 0 radical (unpaired) electrons. The first-order chi connectivity index (χ1) is 8.58. The number of carboxylic acids is 1. The molecule has 1 atom stereocenters. The van der Waals surface area contributed by atoms with E-state index in [0.29, 0.717) is 6.42 Å². The number of anilines is 1. The third kappa shape index (κ3) is 6.46. The molecule has 0 bridgehead atoms. The minimum absolute atomic E-state index is 0. The van der Waals surface area contributed by atoms with Crippen LogP contribution in [0.5, 0.6) is 0 Å². The Kier molecular flexibility index (Phi) is 11.5. The van der Waals surface area contributed by atoms with Crippen molar-refractivity contribution in [3.05, 3.63) is 29.8 Å². The second kappa shape index (κ2) is 10.8. The molecular weight excluding hydrogens is 299 g/mol. The molecule has 0 aliphatic rings. The van der Waals surface area contributed by atoms with Gasteiger partial charge in [-0.1, -0.05) is 19.1 Å². The van der Waals surface area contributed by atoms with Gasteiger partial charge in [-0.2, -0.15) is 0 Å². The predicted octanol–water partition coefficient (Wildman–Crippen LogP) is 2.72. The van der Waals surface area contributed by atoms with Gasteiger partial charge >= 0.3 is 5.97 Å². The summed E-state index contributed by atoms with van der Waals surface area (Å²) in [4.78, 5) is 13.0. The molecule has 6 heteroatoms. The third-order valence-corrected chi connectivity index (χ3v) is 2.95. The fourth-order valence-corrected chi connectivity index (χ4v) is 1.92. The third-order valence-electron chi connectivity index (χ3n) is 2.95. The molecule has 0 aromatic heterocycles. The van der Waals surface area contributed by atoms with Crippen molar-refractivity contribution in [2.75, 3.05) is 18.0 Å². The van der Waals surface area contributed by atoms with Gasteiger partial charge in [-0.3, -0.25) is 4.79 Å². The normalized spacial score (nSPS) is 10.9. The van der Waals surface area contributed by atoms with Crippen molar-refractivity contribution in [1.82, 2.24) is 0 Å². The second-order valence-corrected chi connectivity index (χ2v) is 4.39. The number of nitrogens with zero attached hydrogens (tertiary/aromatic N) is 1. The Morgan fingerprint density at radius 3 is 2.20 bits per heavy atom. The number of hydrogen-bond acceptors (Lipinski definition) is 3. The summed E-state index contributed by atoms with van der Waals surface area (Å²) in [5.74, 6) is -0.958. The molecule has 0 fully saturated rings. The van der Waals surface area contributed by atoms with Crippen molar-refractivity contribution >= 4 is 36.5 Å². The molecule has 4 nitrogen and oxygen atoms in total. The quantitative estimate of drug-likeness (QED) is 0.810. The van der Waals surface area contributed by atoms with E-state index in [4.69, 9.17) is 10.8 Å². The number of rotatable bonds is 7. The van der Waals surface area contributed by atoms with Gasteiger partial charge in [-0.15, -0.1) is 24.8 Å². The number of carboxylic acid groups (broad SMARTS) is 1. The summed E-state index contributed by atoms with van der Waals surface area (Å²) >= 11 is 0. The zero-order valence-corrected chi connectivity index (χ0v) is 13.5. The Labute approximate surface area is 133 Å². The molecule has 0 saturated carbocycles. The first-order valence-corrected chi connectivity index (χ1v) is 6.40. The first kappa shape index (κ1) is 21.3. The average molecular weight is 323 g/mol. The van der Waals surface area contributed by atoms with E-state index in [9.17, 15) is 4.79 Å². The van der Waals surface area contributed by atoms with E-state index in [0.717, 1.165) is 25.1 Å². The largest absolute Gasteiger partial charge is 0.480 e. The maximum absolute atomic E-state index is 10.7. The van der Waals surface area contributed by atoms with Gasteiger partial charge in [0.2, 0.25) is 0 Å². The molecule has 1 rings (SSSR count). The van der Waals surface area contributed by atoms with Crippen LogP contribution >= 0.6 is 24.8 Å². The lowest BCUT2D eigenvalue weighted by molar-refractivity contribution is -0.138. The van der Waals surface area contributed by atoms with E-state index in [2.05, 4.69) is 18.7 Å². The van der Waals surface area contributed by atoms with Gasteiger partial charge in [0, 0.05) is 18.8 Å². The molecule has 3 N–H and O–H groups in total. The molecule has 116 valence electrons. The van der Waals surface area contributed by atoms with Crippen molar-refractivity contribution in [1.29, 1.82) is 0 Å². The second-order valence-electron chi connectivity index (χ2n) is 4.39. The van der Waals surface area contributed by atoms with E-state index in [1.807, 2.05) is 24.3 Å². The van der Waals surface area contributed by atoms with Crippen LogP contribution in [0.15, 0.2) is 24.3 Å². The number of carbonyl (C=O) groups is 1. The molecule has 0 amide bonds. The van der Waals surface area contributed by atoms with Gasteiger partial charge in [-0.25, -0.2) is 0 Å². The number of hydrogen-bond donors (Lipinski definition) is 2. The topological polar surface area (TPSA) is 66.6 Å². The fraction of sp³-hybridized carbons (Fsp3) is 0.500. The highest BCUT2D eigenvalue weighted by atomic mass is 35.5. The van der Waals surface area contributed by atoms with E-state index in [1.165, 1.54) is 5.69 Å². The molecule has 0 spiro atoms. The molecule has 0 aliphatic carbocycles. The van der Waals surface area contributed by atoms with Crippen LogP contribution in [0.4, 0.5) is 5.69 Å². The van der Waals surface area contributed by atoms with E-state index >= 15 is 0 Å². The zero-order valence-electron chi connectivity index (χ0n) is 11.9. The molecule has 0 heterocycles. The molecule has 0 saturated heterocycles. The Morgan fingerprint density at radius 2 is 1.80 bits per heavy atom. The van der Waals surface area contributed by atoms with Gasteiger partial charge in [0.05, 0.1) is 0 Å². The van der Waals surface area contributed by atoms with Gasteiger partial charge in [0.25, 0.3) is 0 Å². The summed E-state index contributed by atoms with van der Waals surface area (Å²) < 4.78 is 0. The van der Waals surface area contributed by atoms with Crippen LogP contribution in [0.1, 0.15) is 25.8 Å². The monoisotopic (exact) mass is 322 g/mol. The predicted molar refractivity (Wildman–Crippen MR) is 88.4 cm³/mol. The van der Waals surface area contributed by atoms with E-state index in [-0.39, 0.29) is 24.8 Å². The van der Waals surface area contributed by atoms with Crippen molar-refractivity contribution < 1.29 is 9.90 Å². The maximum Gasteiger partial charge on any atom is 0.320 e. The fourth-order valence-electron chi connectivity index (χ4n) is 1.92. The van der Waals surface area contributed by atoms with Crippen LogP contribution in [-0.4, -0.2) is 30.2 Å². The Hall–Kier alpha value is -0.970. The summed E-state index contributed by atoms with van der Waals surface area (Å²) in [6.45, 7) is 6.29. The van der Waals surface area contributed by atoms with Gasteiger partial charge in [0.15, 0.2) is 0 Å². The van der Waals surface area contributed by atoms with Crippen molar-refractivity contribution in [3.63, 3.8) is 0 Å². The summed E-state index contributed by atoms with van der Waals surface area (Å²) in [5, 5.41) is 8.76. The summed E-state index contributed by atoms with van der Waals surface area (Å²) in [5.41, 5.74) is 7.64. The van der Waals surface area contributed by atoms with Crippen LogP contribution in [-0.2, 0) is 11.2 Å². The lowest BCUT2D eigenvalue weighted by atomic mass is 10.1. The van der Waals surface area contributed by atoms with Crippen LogP contribution in [0.25, 0.3) is 0 Å². The molecule has 20 heavy (non-hydrogen) atoms. The number of nitrogens with two attached hydrogens (primary N) is 1. The number of halogens is 2. The Balaban J connectivity index is 0. The number of benzene rings is 1. The lowest BCUT2D eigenvalue weighted by Crippen LogP contribution is -2.32. The molecular formula is C14H24Cl2N2O2. The SMILES string of the molecule is CCCN(CC)c1ccc(CC(N)C(=O)O)cc1.Cl.Cl. The van der Waals surface area contributed by atoms with Crippen molar-refractivity contribution in [2.24, 2.45) is 5.73 Å². The minimum Gasteiger partial charge on any atom is -0.480 e. The first-order valence-electron chi connectivity index (χ1n) is 6.40. The smallest absolute Gasteiger partial charge is 0.320 e.